The number of hydrogen-bond acceptors (Lipinski definition) is 1. The molecule has 0 unspecified atom stereocenters. The standard InChI is InChI=1S/C11H11Cl2NO/c1-14-3-2-7-4-8(10(15)6-12)5-9(13)11(7)14/h2-5,10,15H,6H2,1H3/t10-/m1/s1. The summed E-state index contributed by atoms with van der Waals surface area (Å²) in [5.74, 6) is 0.175. The van der Waals surface area contributed by atoms with Gasteiger partial charge in [-0.3, -0.25) is 0 Å². The predicted molar refractivity (Wildman–Crippen MR) is 63.6 cm³/mol. The van der Waals surface area contributed by atoms with Crippen molar-refractivity contribution in [3.63, 3.8) is 0 Å². The third-order valence-corrected chi connectivity index (χ3v) is 3.06. The molecule has 1 aromatic heterocycles. The summed E-state index contributed by atoms with van der Waals surface area (Å²) in [7, 11) is 1.94. The Morgan fingerprint density at radius 1 is 1.47 bits per heavy atom. The Bertz CT molecular complexity index is 493. The van der Waals surface area contributed by atoms with E-state index in [1.807, 2.05) is 29.9 Å². The molecule has 1 heterocycles. The summed E-state index contributed by atoms with van der Waals surface area (Å²) in [5, 5.41) is 11.3. The van der Waals surface area contributed by atoms with Gasteiger partial charge in [0, 0.05) is 18.6 Å². The lowest BCUT2D eigenvalue weighted by atomic mass is 10.1. The Labute approximate surface area is 98.0 Å². The second-order valence-electron chi connectivity index (χ2n) is 3.54. The summed E-state index contributed by atoms with van der Waals surface area (Å²) in [4.78, 5) is 0. The van der Waals surface area contributed by atoms with Gasteiger partial charge in [0.15, 0.2) is 0 Å². The maximum atomic E-state index is 9.62. The number of aliphatic hydroxyl groups is 1. The lowest BCUT2D eigenvalue weighted by Gasteiger charge is -2.09. The van der Waals surface area contributed by atoms with Gasteiger partial charge < -0.3 is 9.67 Å². The number of halogens is 2. The molecule has 0 fully saturated rings. The molecule has 0 radical (unpaired) electrons. The molecule has 0 bridgehead atoms. The third kappa shape index (κ3) is 1.85. The van der Waals surface area contributed by atoms with Crippen LogP contribution in [0.15, 0.2) is 24.4 Å². The van der Waals surface area contributed by atoms with Gasteiger partial charge in [0.05, 0.1) is 22.5 Å². The molecule has 2 aromatic rings. The molecular formula is C11H11Cl2NO. The minimum atomic E-state index is -0.659. The average molecular weight is 244 g/mol. The zero-order chi connectivity index (χ0) is 11.0. The molecule has 0 saturated carbocycles. The summed E-state index contributed by atoms with van der Waals surface area (Å²) in [6.07, 6.45) is 1.28. The van der Waals surface area contributed by atoms with E-state index >= 15 is 0 Å². The van der Waals surface area contributed by atoms with Gasteiger partial charge in [-0.05, 0) is 23.8 Å². The molecule has 80 valence electrons. The Morgan fingerprint density at radius 2 is 2.20 bits per heavy atom. The number of fused-ring (bicyclic) bond motifs is 1. The molecule has 0 aliphatic rings. The second kappa shape index (κ2) is 4.05. The minimum Gasteiger partial charge on any atom is -0.387 e. The van der Waals surface area contributed by atoms with Gasteiger partial charge in [0.25, 0.3) is 0 Å². The van der Waals surface area contributed by atoms with Gasteiger partial charge >= 0.3 is 0 Å². The van der Waals surface area contributed by atoms with Crippen molar-refractivity contribution >= 4 is 34.1 Å². The van der Waals surface area contributed by atoms with E-state index in [-0.39, 0.29) is 5.88 Å². The molecule has 15 heavy (non-hydrogen) atoms. The Balaban J connectivity index is 2.63. The van der Waals surface area contributed by atoms with Crippen LogP contribution in [0.2, 0.25) is 5.02 Å². The minimum absolute atomic E-state index is 0.175. The van der Waals surface area contributed by atoms with Crippen LogP contribution in [0.25, 0.3) is 10.9 Å². The van der Waals surface area contributed by atoms with Crippen molar-refractivity contribution in [2.75, 3.05) is 5.88 Å². The normalized spacial score (nSPS) is 13.3. The number of aliphatic hydroxyl groups excluding tert-OH is 1. The molecule has 1 N–H and O–H groups in total. The first-order chi connectivity index (χ1) is 7.13. The molecule has 0 saturated heterocycles. The van der Waals surface area contributed by atoms with E-state index in [1.54, 1.807) is 6.07 Å². The fourth-order valence-corrected chi connectivity index (χ4v) is 2.24. The number of aromatic nitrogens is 1. The van der Waals surface area contributed by atoms with Crippen molar-refractivity contribution < 1.29 is 5.11 Å². The Kier molecular flexibility index (Phi) is 2.91. The first-order valence-electron chi connectivity index (χ1n) is 4.62. The molecular weight excluding hydrogens is 233 g/mol. The maximum Gasteiger partial charge on any atom is 0.0926 e. The number of hydrogen-bond donors (Lipinski definition) is 1. The molecule has 1 aromatic carbocycles. The van der Waals surface area contributed by atoms with Crippen LogP contribution < -0.4 is 0 Å². The van der Waals surface area contributed by atoms with E-state index in [1.165, 1.54) is 0 Å². The van der Waals surface area contributed by atoms with Gasteiger partial charge in [-0.15, -0.1) is 11.6 Å². The third-order valence-electron chi connectivity index (χ3n) is 2.48. The van der Waals surface area contributed by atoms with Gasteiger partial charge in [-0.1, -0.05) is 11.6 Å². The number of alkyl halides is 1. The van der Waals surface area contributed by atoms with E-state index in [2.05, 4.69) is 0 Å². The lowest BCUT2D eigenvalue weighted by molar-refractivity contribution is 0.203. The highest BCUT2D eigenvalue weighted by atomic mass is 35.5. The Morgan fingerprint density at radius 3 is 2.87 bits per heavy atom. The van der Waals surface area contributed by atoms with E-state index in [4.69, 9.17) is 23.2 Å². The lowest BCUT2D eigenvalue weighted by Crippen LogP contribution is -1.98. The molecule has 0 aliphatic carbocycles. The molecule has 4 heteroatoms. The Hall–Kier alpha value is -0.700. The van der Waals surface area contributed by atoms with Crippen LogP contribution >= 0.6 is 23.2 Å². The van der Waals surface area contributed by atoms with Crippen molar-refractivity contribution in [2.24, 2.45) is 7.05 Å². The van der Waals surface area contributed by atoms with Gasteiger partial charge in [-0.2, -0.15) is 0 Å². The van der Waals surface area contributed by atoms with E-state index in [0.29, 0.717) is 5.02 Å². The van der Waals surface area contributed by atoms with Crippen molar-refractivity contribution in [3.8, 4) is 0 Å². The summed E-state index contributed by atoms with van der Waals surface area (Å²) >= 11 is 11.7. The summed E-state index contributed by atoms with van der Waals surface area (Å²) in [5.41, 5.74) is 1.73. The fourth-order valence-electron chi connectivity index (χ4n) is 1.69. The molecule has 2 rings (SSSR count). The number of aryl methyl sites for hydroxylation is 1. The zero-order valence-electron chi connectivity index (χ0n) is 8.24. The van der Waals surface area contributed by atoms with E-state index < -0.39 is 6.10 Å². The van der Waals surface area contributed by atoms with Crippen molar-refractivity contribution in [1.29, 1.82) is 0 Å². The number of rotatable bonds is 2. The van der Waals surface area contributed by atoms with Gasteiger partial charge in [0.2, 0.25) is 0 Å². The first-order valence-corrected chi connectivity index (χ1v) is 5.53. The molecule has 1 atom stereocenters. The van der Waals surface area contributed by atoms with Crippen LogP contribution in [0.1, 0.15) is 11.7 Å². The smallest absolute Gasteiger partial charge is 0.0926 e. The maximum absolute atomic E-state index is 9.62. The molecule has 0 spiro atoms. The average Bonchev–Trinajstić information content (AvgIpc) is 2.59. The van der Waals surface area contributed by atoms with E-state index in [0.717, 1.165) is 16.5 Å². The van der Waals surface area contributed by atoms with Crippen molar-refractivity contribution in [3.05, 3.63) is 35.0 Å². The van der Waals surface area contributed by atoms with Crippen LogP contribution in [0, 0.1) is 0 Å². The van der Waals surface area contributed by atoms with Gasteiger partial charge in [-0.25, -0.2) is 0 Å². The van der Waals surface area contributed by atoms with Crippen molar-refractivity contribution in [1.82, 2.24) is 4.57 Å². The predicted octanol–water partition coefficient (Wildman–Crippen LogP) is 3.10. The number of benzene rings is 1. The highest BCUT2D eigenvalue weighted by Crippen LogP contribution is 2.28. The van der Waals surface area contributed by atoms with Gasteiger partial charge in [0.1, 0.15) is 0 Å². The summed E-state index contributed by atoms with van der Waals surface area (Å²) < 4.78 is 1.95. The SMILES string of the molecule is Cn1ccc2cc([C@H](O)CCl)cc(Cl)c21. The zero-order valence-corrected chi connectivity index (χ0v) is 9.76. The van der Waals surface area contributed by atoms with E-state index in [9.17, 15) is 5.11 Å². The van der Waals surface area contributed by atoms with Crippen LogP contribution in [-0.4, -0.2) is 15.6 Å². The highest BCUT2D eigenvalue weighted by Gasteiger charge is 2.10. The van der Waals surface area contributed by atoms with Crippen LogP contribution in [-0.2, 0) is 7.05 Å². The van der Waals surface area contributed by atoms with Crippen LogP contribution in [0.4, 0.5) is 0 Å². The first kappa shape index (κ1) is 10.8. The monoisotopic (exact) mass is 243 g/mol. The molecule has 2 nitrogen and oxygen atoms in total. The summed E-state index contributed by atoms with van der Waals surface area (Å²) in [6.45, 7) is 0. The summed E-state index contributed by atoms with van der Waals surface area (Å²) in [6, 6.07) is 5.64. The largest absolute Gasteiger partial charge is 0.387 e. The van der Waals surface area contributed by atoms with Crippen LogP contribution in [0.5, 0.6) is 0 Å². The van der Waals surface area contributed by atoms with Crippen molar-refractivity contribution in [2.45, 2.75) is 6.10 Å². The molecule has 0 amide bonds. The quantitative estimate of drug-likeness (QED) is 0.807. The van der Waals surface area contributed by atoms with Crippen LogP contribution in [0.3, 0.4) is 0 Å². The second-order valence-corrected chi connectivity index (χ2v) is 4.25. The fraction of sp³-hybridized carbons (Fsp3) is 0.273. The highest BCUT2D eigenvalue weighted by molar-refractivity contribution is 6.35. The molecule has 0 aliphatic heterocycles. The number of nitrogens with zero attached hydrogens (tertiary/aromatic N) is 1. The topological polar surface area (TPSA) is 25.2 Å².